The van der Waals surface area contributed by atoms with Crippen LogP contribution in [0.2, 0.25) is 0 Å². The molecule has 272 valence electrons. The molecular weight excluding hydrogens is 709 g/mol. The molecule has 0 spiro atoms. The molecule has 3 nitrogen and oxygen atoms in total. The summed E-state index contributed by atoms with van der Waals surface area (Å²) < 4.78 is 11.2. The smallest absolute Gasteiger partial charge is 0.175 e. The third-order valence-corrected chi connectivity index (χ3v) is 17.2. The summed E-state index contributed by atoms with van der Waals surface area (Å²) >= 11 is 0. The molecule has 0 fully saturated rings. The number of allylic oxidation sites excluding steroid dienone is 4. The van der Waals surface area contributed by atoms with Crippen LogP contribution in [0.15, 0.2) is 210 Å². The van der Waals surface area contributed by atoms with Crippen molar-refractivity contribution < 1.29 is 4.42 Å². The van der Waals surface area contributed by atoms with Crippen LogP contribution in [-0.4, -0.2) is 17.2 Å². The fourth-order valence-corrected chi connectivity index (χ4v) is 14.7. The summed E-state index contributed by atoms with van der Waals surface area (Å²) in [5.41, 5.74) is 10.1. The molecule has 1 aliphatic carbocycles. The van der Waals surface area contributed by atoms with E-state index in [1.807, 2.05) is 0 Å². The highest BCUT2D eigenvalue weighted by atomic mass is 28.3. The number of rotatable bonds is 7. The molecule has 10 aromatic rings. The second-order valence-corrected chi connectivity index (χ2v) is 19.1. The fourth-order valence-electron chi connectivity index (χ4n) is 9.61. The summed E-state index contributed by atoms with van der Waals surface area (Å²) in [6.07, 6.45) is 9.11. The van der Waals surface area contributed by atoms with Gasteiger partial charge in [-0.3, -0.25) is 0 Å². The molecule has 0 saturated heterocycles. The molecule has 0 unspecified atom stereocenters. The summed E-state index contributed by atoms with van der Waals surface area (Å²) in [6.45, 7) is 0. The van der Waals surface area contributed by atoms with Gasteiger partial charge in [0, 0.05) is 45.7 Å². The van der Waals surface area contributed by atoms with Gasteiger partial charge in [-0.05, 0) is 100 Å². The fraction of sp³-hybridized carbons (Fsp3) is 0.0566. The first-order valence-corrected chi connectivity index (χ1v) is 21.9. The topological polar surface area (TPSA) is 23.0 Å². The molecule has 11 rings (SSSR count). The number of nitrogens with zero attached hydrogens (tertiary/aromatic N) is 2. The van der Waals surface area contributed by atoms with E-state index >= 15 is 0 Å². The summed E-state index contributed by atoms with van der Waals surface area (Å²) in [6, 6.07) is 67.0. The molecule has 0 amide bonds. The molecule has 0 aliphatic heterocycles. The molecule has 3 heterocycles. The SMILES string of the molecule is Cn1c(-c2cccc([Si](C3=CC=CCC3)(c3ccccc3)c3ccccc3)c2)ccc1-c1ccc2oc3ccc(-n4c5ccccc5c5ccccc54)cc3c2c1. The highest BCUT2D eigenvalue weighted by molar-refractivity contribution is 7.16. The van der Waals surface area contributed by atoms with E-state index in [4.69, 9.17) is 4.42 Å². The van der Waals surface area contributed by atoms with E-state index in [0.29, 0.717) is 0 Å². The Labute approximate surface area is 333 Å². The van der Waals surface area contributed by atoms with Crippen molar-refractivity contribution in [2.24, 2.45) is 7.05 Å². The van der Waals surface area contributed by atoms with Crippen LogP contribution in [0.25, 0.3) is 71.9 Å². The first-order chi connectivity index (χ1) is 28.2. The Bertz CT molecular complexity index is 3100. The van der Waals surface area contributed by atoms with Gasteiger partial charge in [0.15, 0.2) is 8.07 Å². The predicted molar refractivity (Wildman–Crippen MR) is 242 cm³/mol. The van der Waals surface area contributed by atoms with Gasteiger partial charge in [0.05, 0.1) is 11.0 Å². The van der Waals surface area contributed by atoms with Crippen LogP contribution < -0.4 is 15.6 Å². The van der Waals surface area contributed by atoms with Gasteiger partial charge in [0.2, 0.25) is 0 Å². The highest BCUT2D eigenvalue weighted by Crippen LogP contribution is 2.38. The van der Waals surface area contributed by atoms with Crippen molar-refractivity contribution >= 4 is 67.4 Å². The minimum absolute atomic E-state index is 0.893. The van der Waals surface area contributed by atoms with Crippen molar-refractivity contribution in [1.29, 1.82) is 0 Å². The van der Waals surface area contributed by atoms with Crippen molar-refractivity contribution in [1.82, 2.24) is 9.13 Å². The molecule has 0 radical (unpaired) electrons. The summed E-state index contributed by atoms with van der Waals surface area (Å²) in [5.74, 6) is 0. The average Bonchev–Trinajstić information content (AvgIpc) is 3.96. The van der Waals surface area contributed by atoms with Crippen LogP contribution in [0.1, 0.15) is 12.8 Å². The normalized spacial score (nSPS) is 13.2. The summed E-state index contributed by atoms with van der Waals surface area (Å²) in [4.78, 5) is 0. The van der Waals surface area contributed by atoms with E-state index in [0.717, 1.165) is 46.0 Å². The number of hydrogen-bond donors (Lipinski definition) is 0. The van der Waals surface area contributed by atoms with E-state index in [1.54, 1.807) is 5.20 Å². The van der Waals surface area contributed by atoms with Gasteiger partial charge in [0.25, 0.3) is 0 Å². The maximum atomic E-state index is 6.44. The lowest BCUT2D eigenvalue weighted by Crippen LogP contribution is -2.68. The summed E-state index contributed by atoms with van der Waals surface area (Å²) in [7, 11) is -0.380. The summed E-state index contributed by atoms with van der Waals surface area (Å²) in [5, 5.41) is 10.5. The van der Waals surface area contributed by atoms with Gasteiger partial charge in [-0.15, -0.1) is 0 Å². The van der Waals surface area contributed by atoms with E-state index in [9.17, 15) is 0 Å². The second kappa shape index (κ2) is 13.4. The number of benzene rings is 7. The number of hydrogen-bond acceptors (Lipinski definition) is 1. The molecule has 0 N–H and O–H groups in total. The highest BCUT2D eigenvalue weighted by Gasteiger charge is 2.43. The number of fused-ring (bicyclic) bond motifs is 6. The lowest BCUT2D eigenvalue weighted by molar-refractivity contribution is 0.669. The van der Waals surface area contributed by atoms with E-state index in [-0.39, 0.29) is 0 Å². The largest absolute Gasteiger partial charge is 0.456 e. The lowest BCUT2D eigenvalue weighted by Gasteiger charge is -2.37. The maximum Gasteiger partial charge on any atom is 0.175 e. The molecule has 0 saturated carbocycles. The zero-order valence-corrected chi connectivity index (χ0v) is 32.8. The first kappa shape index (κ1) is 33.5. The van der Waals surface area contributed by atoms with Crippen molar-refractivity contribution in [3.63, 3.8) is 0 Å². The molecule has 0 bridgehead atoms. The van der Waals surface area contributed by atoms with Gasteiger partial charge < -0.3 is 13.6 Å². The van der Waals surface area contributed by atoms with Crippen molar-refractivity contribution in [3.05, 3.63) is 205 Å². The molecule has 1 aliphatic rings. The van der Waals surface area contributed by atoms with Crippen LogP contribution in [-0.2, 0) is 7.05 Å². The first-order valence-electron chi connectivity index (χ1n) is 19.9. The van der Waals surface area contributed by atoms with Crippen LogP contribution in [0.4, 0.5) is 0 Å². The Balaban J connectivity index is 1.03. The average molecular weight is 749 g/mol. The lowest BCUT2D eigenvalue weighted by atomic mass is 10.1. The molecular formula is C53H40N2OSi. The zero-order chi connectivity index (χ0) is 37.9. The Morgan fingerprint density at radius 2 is 1.07 bits per heavy atom. The van der Waals surface area contributed by atoms with Crippen molar-refractivity contribution in [2.75, 3.05) is 0 Å². The standard InChI is InChI=1S/C53H40N2OSi/c1-54-48(37-16-15-23-43(34-37)57(40-17-5-2-6-18-40,41-19-7-3-8-20-41)42-21-9-4-10-22-42)30-31-49(54)38-28-32-52-46(35-38)47-36-39(29-33-53(47)56-52)55-50-26-13-11-24-44(50)45-25-12-14-27-51(45)55/h2-9,11-21,23-36H,10,22H2,1H3. The van der Waals surface area contributed by atoms with Crippen LogP contribution in [0.3, 0.4) is 0 Å². The molecule has 3 aromatic heterocycles. The maximum absolute atomic E-state index is 6.44. The van der Waals surface area contributed by atoms with Crippen LogP contribution in [0, 0.1) is 0 Å². The van der Waals surface area contributed by atoms with Crippen molar-refractivity contribution in [3.8, 4) is 28.2 Å². The van der Waals surface area contributed by atoms with Gasteiger partial charge in [-0.2, -0.15) is 0 Å². The molecule has 57 heavy (non-hydrogen) atoms. The number of furan rings is 1. The molecule has 4 heteroatoms. The monoisotopic (exact) mass is 748 g/mol. The Morgan fingerprint density at radius 3 is 1.72 bits per heavy atom. The Hall–Kier alpha value is -6.88. The quantitative estimate of drug-likeness (QED) is 0.118. The van der Waals surface area contributed by atoms with Gasteiger partial charge in [-0.1, -0.05) is 145 Å². The Kier molecular flexibility index (Phi) is 7.87. The van der Waals surface area contributed by atoms with Gasteiger partial charge >= 0.3 is 0 Å². The second-order valence-electron chi connectivity index (χ2n) is 15.2. The van der Waals surface area contributed by atoms with Crippen LogP contribution >= 0.6 is 0 Å². The number of para-hydroxylation sites is 2. The van der Waals surface area contributed by atoms with Crippen LogP contribution in [0.5, 0.6) is 0 Å². The van der Waals surface area contributed by atoms with Gasteiger partial charge in [0.1, 0.15) is 11.2 Å². The number of aromatic nitrogens is 2. The van der Waals surface area contributed by atoms with Gasteiger partial charge in [-0.25, -0.2) is 0 Å². The minimum Gasteiger partial charge on any atom is -0.456 e. The predicted octanol–water partition coefficient (Wildman–Crippen LogP) is 11.6. The van der Waals surface area contributed by atoms with Crippen molar-refractivity contribution in [2.45, 2.75) is 12.8 Å². The molecule has 7 aromatic carbocycles. The third-order valence-electron chi connectivity index (χ3n) is 12.2. The van der Waals surface area contributed by atoms with E-state index in [2.05, 4.69) is 216 Å². The minimum atomic E-state index is -2.58. The third kappa shape index (κ3) is 5.25. The Morgan fingerprint density at radius 1 is 0.491 bits per heavy atom. The van der Waals surface area contributed by atoms with E-state index in [1.165, 1.54) is 54.3 Å². The zero-order valence-electron chi connectivity index (χ0n) is 31.8. The molecule has 0 atom stereocenters. The van der Waals surface area contributed by atoms with E-state index < -0.39 is 8.07 Å².